The summed E-state index contributed by atoms with van der Waals surface area (Å²) in [7, 11) is 0. The molecule has 1 heterocycles. The Morgan fingerprint density at radius 2 is 1.87 bits per heavy atom. The number of benzene rings is 1. The van der Waals surface area contributed by atoms with Gasteiger partial charge in [-0.3, -0.25) is 0 Å². The fourth-order valence-corrected chi connectivity index (χ4v) is 0.969. The van der Waals surface area contributed by atoms with Gasteiger partial charge in [-0.1, -0.05) is 35.5 Å². The van der Waals surface area contributed by atoms with Gasteiger partial charge in [0.1, 0.15) is 5.89 Å². The van der Waals surface area contributed by atoms with Gasteiger partial charge in [0.25, 0.3) is 0 Å². The van der Waals surface area contributed by atoms with E-state index in [4.69, 9.17) is 0 Å². The molecule has 0 spiro atoms. The van der Waals surface area contributed by atoms with Crippen LogP contribution in [0.3, 0.4) is 0 Å². The minimum absolute atomic E-state index is 0. The molecule has 0 atom stereocenters. The molecule has 4 nitrogen and oxygen atoms in total. The normalized spacial score (nSPS) is 8.53. The minimum Gasteiger partial charge on any atom is -0.532 e. The maximum Gasteiger partial charge on any atom is 2.00 e. The molecule has 0 fully saturated rings. The average Bonchev–Trinajstić information content (AvgIpc) is 2.67. The van der Waals surface area contributed by atoms with Crippen LogP contribution in [0.5, 0.6) is 0 Å². The van der Waals surface area contributed by atoms with E-state index >= 15 is 0 Å². The van der Waals surface area contributed by atoms with Crippen LogP contribution in [-0.4, -0.2) is 16.4 Å². The fourth-order valence-electron chi connectivity index (χ4n) is 0.969. The summed E-state index contributed by atoms with van der Waals surface area (Å²) < 4.78 is 4.58. The first-order valence-corrected chi connectivity index (χ1v) is 3.67. The van der Waals surface area contributed by atoms with E-state index in [1.54, 1.807) is 0 Å². The van der Waals surface area contributed by atoms with Crippen LogP contribution in [0.4, 0.5) is 0 Å². The van der Waals surface area contributed by atoms with E-state index in [-0.39, 0.29) is 44.4 Å². The van der Waals surface area contributed by atoms with E-state index in [0.717, 1.165) is 5.56 Å². The van der Waals surface area contributed by atoms with Crippen LogP contribution in [0.1, 0.15) is 5.89 Å². The Balaban J connectivity index is 0.000000980. The Hall–Kier alpha value is -0.918. The summed E-state index contributed by atoms with van der Waals surface area (Å²) in [5.74, 6) is 0.276. The molecule has 1 aromatic heterocycles. The SMILES string of the molecule is O=[C-]c1nc(-c2ccccc2)no1.[CH3-].[U+2]. The summed E-state index contributed by atoms with van der Waals surface area (Å²) in [6.45, 7) is 0. The predicted octanol–water partition coefficient (Wildman–Crippen LogP) is 1.64. The average molecular weight is 426 g/mol. The number of aromatic nitrogens is 2. The van der Waals surface area contributed by atoms with E-state index in [1.165, 1.54) is 6.29 Å². The molecule has 0 aliphatic rings. The van der Waals surface area contributed by atoms with Crippen LogP contribution in [0, 0.1) is 38.5 Å². The van der Waals surface area contributed by atoms with Gasteiger partial charge in [-0.25, -0.2) is 4.98 Å². The van der Waals surface area contributed by atoms with Gasteiger partial charge in [0, 0.05) is 5.56 Å². The quantitative estimate of drug-likeness (QED) is 0.686. The number of nitrogens with zero attached hydrogens (tertiary/aromatic N) is 2. The number of rotatable bonds is 2. The van der Waals surface area contributed by atoms with Gasteiger partial charge in [0.2, 0.25) is 0 Å². The summed E-state index contributed by atoms with van der Waals surface area (Å²) in [6, 6.07) is 9.27. The molecule has 74 valence electrons. The zero-order valence-corrected chi connectivity index (χ0v) is 12.3. The van der Waals surface area contributed by atoms with E-state index in [0.29, 0.717) is 5.82 Å². The molecule has 0 bridgehead atoms. The molecule has 0 aliphatic heterocycles. The second-order valence-electron chi connectivity index (χ2n) is 2.39. The summed E-state index contributed by atoms with van der Waals surface area (Å²) in [5.41, 5.74) is 0.813. The Kier molecular flexibility index (Phi) is 6.14. The Bertz CT molecular complexity index is 414. The minimum atomic E-state index is -0.126. The Morgan fingerprint density at radius 3 is 2.40 bits per heavy atom. The van der Waals surface area contributed by atoms with Crippen LogP contribution in [0.25, 0.3) is 11.4 Å². The zero-order valence-electron chi connectivity index (χ0n) is 8.10. The van der Waals surface area contributed by atoms with Crippen molar-refractivity contribution in [2.75, 3.05) is 0 Å². The molecule has 2 rings (SSSR count). The number of carbonyl (C=O) groups excluding carboxylic acids is 1. The first kappa shape index (κ1) is 14.1. The van der Waals surface area contributed by atoms with Crippen molar-refractivity contribution in [2.24, 2.45) is 0 Å². The number of hydrogen-bond donors (Lipinski definition) is 0. The Labute approximate surface area is 111 Å². The first-order valence-electron chi connectivity index (χ1n) is 3.67. The van der Waals surface area contributed by atoms with E-state index in [1.807, 2.05) is 30.3 Å². The molecule has 0 N–H and O–H groups in total. The maximum absolute atomic E-state index is 10.1. The largest absolute Gasteiger partial charge is 2.00 e. The van der Waals surface area contributed by atoms with Crippen LogP contribution >= 0.6 is 0 Å². The topological polar surface area (TPSA) is 56.0 Å². The molecule has 15 heavy (non-hydrogen) atoms. The molecule has 0 amide bonds. The monoisotopic (exact) mass is 426 g/mol. The molecule has 0 saturated carbocycles. The van der Waals surface area contributed by atoms with E-state index in [2.05, 4.69) is 14.7 Å². The van der Waals surface area contributed by atoms with Crippen molar-refractivity contribution in [3.63, 3.8) is 0 Å². The predicted molar refractivity (Wildman–Crippen MR) is 50.9 cm³/mol. The maximum atomic E-state index is 10.1. The van der Waals surface area contributed by atoms with Crippen molar-refractivity contribution in [2.45, 2.75) is 0 Å². The van der Waals surface area contributed by atoms with Crippen LogP contribution in [-0.2, 0) is 4.79 Å². The van der Waals surface area contributed by atoms with Crippen LogP contribution in [0.15, 0.2) is 34.9 Å². The second kappa shape index (κ2) is 6.54. The molecule has 2 aromatic rings. The molecule has 5 heteroatoms. The summed E-state index contributed by atoms with van der Waals surface area (Å²) in [6.07, 6.45) is 1.53. The second-order valence-corrected chi connectivity index (χ2v) is 2.39. The van der Waals surface area contributed by atoms with Gasteiger partial charge < -0.3 is 16.7 Å². The van der Waals surface area contributed by atoms with Gasteiger partial charge in [-0.2, -0.15) is 6.29 Å². The van der Waals surface area contributed by atoms with Crippen molar-refractivity contribution < 1.29 is 40.4 Å². The first-order chi connectivity index (χ1) is 6.40. The third kappa shape index (κ3) is 3.29. The number of hydrogen-bond acceptors (Lipinski definition) is 4. The van der Waals surface area contributed by atoms with Crippen molar-refractivity contribution in [3.05, 3.63) is 43.6 Å². The van der Waals surface area contributed by atoms with Crippen LogP contribution < -0.4 is 0 Å². The molecule has 0 aliphatic carbocycles. The summed E-state index contributed by atoms with van der Waals surface area (Å²) in [4.78, 5) is 13.9. The van der Waals surface area contributed by atoms with Gasteiger partial charge in [0.05, 0.1) is 0 Å². The molecule has 0 radical (unpaired) electrons. The Morgan fingerprint density at radius 1 is 1.20 bits per heavy atom. The molecular formula is C10H8N2O2U. The van der Waals surface area contributed by atoms with E-state index in [9.17, 15) is 4.79 Å². The van der Waals surface area contributed by atoms with Crippen LogP contribution in [0.2, 0.25) is 0 Å². The van der Waals surface area contributed by atoms with Gasteiger partial charge >= 0.3 is 31.1 Å². The molecule has 0 saturated heterocycles. The summed E-state index contributed by atoms with van der Waals surface area (Å²) in [5, 5.41) is 3.61. The zero-order chi connectivity index (χ0) is 9.10. The third-order valence-corrected chi connectivity index (χ3v) is 1.55. The van der Waals surface area contributed by atoms with Crippen molar-refractivity contribution >= 4 is 6.29 Å². The third-order valence-electron chi connectivity index (χ3n) is 1.55. The van der Waals surface area contributed by atoms with E-state index < -0.39 is 0 Å². The van der Waals surface area contributed by atoms with Gasteiger partial charge in [-0.05, 0) is 0 Å². The van der Waals surface area contributed by atoms with Gasteiger partial charge in [0.15, 0.2) is 5.82 Å². The molecule has 0 unspecified atom stereocenters. The molecule has 1 aromatic carbocycles. The standard InChI is InChI=1S/C9H5N2O2.CH3.U/c12-6-8-10-9(11-13-8)7-4-2-1-3-5-7;;/h1-5H;1H3;/q2*-1;+2. The van der Waals surface area contributed by atoms with Crippen molar-refractivity contribution in [3.8, 4) is 11.4 Å². The van der Waals surface area contributed by atoms with Crippen molar-refractivity contribution in [1.29, 1.82) is 0 Å². The fraction of sp³-hybridized carbons (Fsp3) is 0. The smallest absolute Gasteiger partial charge is 0.532 e. The van der Waals surface area contributed by atoms with Gasteiger partial charge in [-0.15, -0.1) is 0 Å². The molecular weight excluding hydrogens is 418 g/mol. The van der Waals surface area contributed by atoms with Crippen molar-refractivity contribution in [1.82, 2.24) is 10.1 Å². The summed E-state index contributed by atoms with van der Waals surface area (Å²) >= 11 is 0.